The number of nitrogens with zero attached hydrogens (tertiary/aromatic N) is 2. The summed E-state index contributed by atoms with van der Waals surface area (Å²) >= 11 is 0. The minimum absolute atomic E-state index is 0.398. The molecule has 10 nitrogen and oxygen atoms in total. The molecule has 0 aliphatic heterocycles. The van der Waals surface area contributed by atoms with Gasteiger partial charge in [-0.3, -0.25) is 20.2 Å². The Morgan fingerprint density at radius 3 is 1.68 bits per heavy atom. The van der Waals surface area contributed by atoms with E-state index in [1.807, 2.05) is 0 Å². The Kier molecular flexibility index (Phi) is 5.90. The quantitative estimate of drug-likeness (QED) is 0.547. The van der Waals surface area contributed by atoms with Gasteiger partial charge in [-0.25, -0.2) is 4.79 Å². The second kappa shape index (κ2) is 7.43. The molecule has 1 saturated carbocycles. The molecule has 0 unspecified atom stereocenters. The van der Waals surface area contributed by atoms with E-state index in [4.69, 9.17) is 16.6 Å². The molecule has 2 rings (SSSR count). The number of nitrogens with two attached hydrogens (primary N) is 2. The van der Waals surface area contributed by atoms with E-state index in [1.54, 1.807) is 0 Å². The fourth-order valence-corrected chi connectivity index (χ4v) is 1.98. The van der Waals surface area contributed by atoms with Gasteiger partial charge in [0, 0.05) is 24.2 Å². The van der Waals surface area contributed by atoms with Gasteiger partial charge in [0.15, 0.2) is 0 Å². The summed E-state index contributed by atoms with van der Waals surface area (Å²) in [5, 5.41) is 29.2. The summed E-state index contributed by atoms with van der Waals surface area (Å²) < 4.78 is 0. The molecule has 1 aliphatic carbocycles. The van der Waals surface area contributed by atoms with Gasteiger partial charge < -0.3 is 16.6 Å². The maximum Gasteiger partial charge on any atom is 0.336 e. The molecule has 0 heterocycles. The Bertz CT molecular complexity index is 504. The maximum absolute atomic E-state index is 10.5. The van der Waals surface area contributed by atoms with Crippen LogP contribution in [0.2, 0.25) is 0 Å². The van der Waals surface area contributed by atoms with E-state index in [2.05, 4.69) is 0 Å². The van der Waals surface area contributed by atoms with Crippen molar-refractivity contribution in [3.63, 3.8) is 0 Å². The average molecular weight is 312 g/mol. The molecule has 120 valence electrons. The van der Waals surface area contributed by atoms with Crippen LogP contribution in [0.15, 0.2) is 18.2 Å². The lowest BCUT2D eigenvalue weighted by atomic mass is 10.2. The van der Waals surface area contributed by atoms with E-state index in [0.29, 0.717) is 18.2 Å². The number of hydrogen-bond donors (Lipinski definition) is 3. The van der Waals surface area contributed by atoms with Crippen molar-refractivity contribution in [3.05, 3.63) is 44.0 Å². The molecule has 1 fully saturated rings. The third-order valence-corrected chi connectivity index (χ3v) is 3.08. The molecule has 0 radical (unpaired) electrons. The van der Waals surface area contributed by atoms with E-state index in [1.165, 1.54) is 0 Å². The number of carboxylic acid groups (broad SMARTS) is 1. The smallest absolute Gasteiger partial charge is 0.336 e. The number of nitro groups is 2. The number of non-ortho nitro benzene ring substituents is 2. The molecule has 0 amide bonds. The second-order valence-electron chi connectivity index (χ2n) is 4.89. The summed E-state index contributed by atoms with van der Waals surface area (Å²) in [6.07, 6.45) is 3.28. The van der Waals surface area contributed by atoms with Crippen LogP contribution in [0.4, 0.5) is 11.4 Å². The monoisotopic (exact) mass is 312 g/mol. The van der Waals surface area contributed by atoms with E-state index >= 15 is 0 Å². The molecule has 2 atom stereocenters. The van der Waals surface area contributed by atoms with Gasteiger partial charge in [0.05, 0.1) is 21.5 Å². The van der Waals surface area contributed by atoms with Crippen LogP contribution in [0.3, 0.4) is 0 Å². The third-order valence-electron chi connectivity index (χ3n) is 3.08. The van der Waals surface area contributed by atoms with E-state index in [9.17, 15) is 25.0 Å². The molecule has 0 saturated heterocycles. The normalized spacial score (nSPS) is 19.9. The van der Waals surface area contributed by atoms with E-state index in [-0.39, 0.29) is 0 Å². The second-order valence-corrected chi connectivity index (χ2v) is 4.89. The molecule has 0 aromatic heterocycles. The summed E-state index contributed by atoms with van der Waals surface area (Å²) in [7, 11) is 0. The number of carbonyl (C=O) groups is 1. The Morgan fingerprint density at radius 2 is 1.45 bits per heavy atom. The fourth-order valence-electron chi connectivity index (χ4n) is 1.98. The van der Waals surface area contributed by atoms with Crippen LogP contribution in [0.25, 0.3) is 0 Å². The van der Waals surface area contributed by atoms with Crippen LogP contribution in [-0.4, -0.2) is 33.0 Å². The lowest BCUT2D eigenvalue weighted by Crippen LogP contribution is -2.20. The van der Waals surface area contributed by atoms with Crippen molar-refractivity contribution in [1.29, 1.82) is 0 Å². The van der Waals surface area contributed by atoms with Crippen LogP contribution >= 0.6 is 0 Å². The highest BCUT2D eigenvalue weighted by Gasteiger charge is 2.19. The lowest BCUT2D eigenvalue weighted by molar-refractivity contribution is -0.394. The Hall–Kier alpha value is -2.59. The molecule has 22 heavy (non-hydrogen) atoms. The molecule has 5 N–H and O–H groups in total. The summed E-state index contributed by atoms with van der Waals surface area (Å²) in [6, 6.07) is 3.02. The zero-order valence-corrected chi connectivity index (χ0v) is 11.5. The standard InChI is InChI=1S/C7H4N2O6.C5H12N2/c10-7(11)4-1-5(8(12)13)3-6(2-4)9(14)15;6-4-1-2-5(7)3-4/h1-3H,(H,10,11);4-5H,1-3,6-7H2/t;4-,5+. The molecule has 1 aliphatic rings. The number of carboxylic acids is 1. The summed E-state index contributed by atoms with van der Waals surface area (Å²) in [6.45, 7) is 0. The Morgan fingerprint density at radius 1 is 1.05 bits per heavy atom. The average Bonchev–Trinajstić information content (AvgIpc) is 2.82. The number of rotatable bonds is 3. The summed E-state index contributed by atoms with van der Waals surface area (Å²) in [4.78, 5) is 29.4. The molecule has 10 heteroatoms. The number of aromatic carboxylic acids is 1. The first-order valence-electron chi connectivity index (χ1n) is 6.39. The Labute approximate surface area is 125 Å². The van der Waals surface area contributed by atoms with E-state index in [0.717, 1.165) is 31.4 Å². The van der Waals surface area contributed by atoms with Gasteiger partial charge in [-0.2, -0.15) is 0 Å². The van der Waals surface area contributed by atoms with Crippen LogP contribution in [-0.2, 0) is 0 Å². The molecule has 0 bridgehead atoms. The Balaban J connectivity index is 0.000000287. The van der Waals surface area contributed by atoms with Gasteiger partial charge in [-0.15, -0.1) is 0 Å². The first kappa shape index (κ1) is 17.5. The van der Waals surface area contributed by atoms with Crippen LogP contribution in [0.5, 0.6) is 0 Å². The number of hydrogen-bond acceptors (Lipinski definition) is 7. The first-order valence-corrected chi connectivity index (χ1v) is 6.39. The molecule has 1 aromatic rings. The minimum Gasteiger partial charge on any atom is -0.478 e. The topological polar surface area (TPSA) is 176 Å². The highest BCUT2D eigenvalue weighted by molar-refractivity contribution is 5.89. The first-order chi connectivity index (χ1) is 10.2. The van der Waals surface area contributed by atoms with Crippen LogP contribution in [0, 0.1) is 20.2 Å². The van der Waals surface area contributed by atoms with Gasteiger partial charge in [0.1, 0.15) is 0 Å². The number of benzene rings is 1. The van der Waals surface area contributed by atoms with Crippen molar-refractivity contribution in [3.8, 4) is 0 Å². The zero-order chi connectivity index (χ0) is 16.9. The van der Waals surface area contributed by atoms with E-state index < -0.39 is 32.8 Å². The summed E-state index contributed by atoms with van der Waals surface area (Å²) in [5.41, 5.74) is 9.35. The van der Waals surface area contributed by atoms with Gasteiger partial charge in [-0.1, -0.05) is 0 Å². The maximum atomic E-state index is 10.5. The molecule has 1 aromatic carbocycles. The van der Waals surface area contributed by atoms with Crippen LogP contribution in [0.1, 0.15) is 29.6 Å². The largest absolute Gasteiger partial charge is 0.478 e. The van der Waals surface area contributed by atoms with Gasteiger partial charge >= 0.3 is 5.97 Å². The fraction of sp³-hybridized carbons (Fsp3) is 0.417. The molecular formula is C12H16N4O6. The SMILES string of the molecule is N[C@@H]1CC[C@H](N)C1.O=C(O)c1cc([N+](=O)[O-])cc([N+](=O)[O-])c1. The summed E-state index contributed by atoms with van der Waals surface area (Å²) in [5.74, 6) is -1.46. The van der Waals surface area contributed by atoms with Gasteiger partial charge in [-0.05, 0) is 19.3 Å². The van der Waals surface area contributed by atoms with Crippen molar-refractivity contribution in [2.45, 2.75) is 31.3 Å². The molecule has 0 spiro atoms. The number of nitro benzene ring substituents is 2. The van der Waals surface area contributed by atoms with Crippen LogP contribution < -0.4 is 11.5 Å². The van der Waals surface area contributed by atoms with Crippen molar-refractivity contribution in [2.75, 3.05) is 0 Å². The van der Waals surface area contributed by atoms with Crippen molar-refractivity contribution >= 4 is 17.3 Å². The van der Waals surface area contributed by atoms with Crippen molar-refractivity contribution in [2.24, 2.45) is 11.5 Å². The van der Waals surface area contributed by atoms with Gasteiger partial charge in [0.25, 0.3) is 11.4 Å². The predicted octanol–water partition coefficient (Wildman–Crippen LogP) is 1.03. The lowest BCUT2D eigenvalue weighted by Gasteiger charge is -1.97. The highest BCUT2D eigenvalue weighted by atomic mass is 16.6. The minimum atomic E-state index is -1.46. The predicted molar refractivity (Wildman–Crippen MR) is 76.5 cm³/mol. The van der Waals surface area contributed by atoms with Crippen molar-refractivity contribution < 1.29 is 19.7 Å². The highest BCUT2D eigenvalue weighted by Crippen LogP contribution is 2.22. The molecular weight excluding hydrogens is 296 g/mol. The van der Waals surface area contributed by atoms with Gasteiger partial charge in [0.2, 0.25) is 0 Å². The third kappa shape index (κ3) is 5.07. The zero-order valence-electron chi connectivity index (χ0n) is 11.5. The van der Waals surface area contributed by atoms with Crippen molar-refractivity contribution in [1.82, 2.24) is 0 Å².